The minimum Gasteiger partial charge on any atom is -0.388 e. The first kappa shape index (κ1) is 15.4. The second-order valence-corrected chi connectivity index (χ2v) is 2.21. The van der Waals surface area contributed by atoms with Crippen molar-refractivity contribution in [3.05, 3.63) is 29.6 Å². The van der Waals surface area contributed by atoms with E-state index in [1.54, 1.807) is 13.1 Å². The first-order valence-electron chi connectivity index (χ1n) is 5.18. The summed E-state index contributed by atoms with van der Waals surface area (Å²) < 4.78 is 12.5. The molecule has 0 radical (unpaired) electrons. The molecule has 0 atom stereocenters. The average molecular weight is 199 g/mol. The summed E-state index contributed by atoms with van der Waals surface area (Å²) in [5.41, 5.74) is 1.91. The molecule has 0 heterocycles. The molecular formula is C12H22FN. The lowest BCUT2D eigenvalue weighted by atomic mass is 10.2. The standard InChI is InChI=1S/C8H10FN.2C2H6/c1-6-3-4-7(9)5-8(6)10-2;2*1-2/h3-5,10H,1-2H3;2*1-2H3. The fraction of sp³-hybridized carbons (Fsp3) is 0.500. The van der Waals surface area contributed by atoms with Crippen molar-refractivity contribution in [1.29, 1.82) is 0 Å². The largest absolute Gasteiger partial charge is 0.388 e. The summed E-state index contributed by atoms with van der Waals surface area (Å²) in [6.07, 6.45) is 0. The van der Waals surface area contributed by atoms with E-state index in [9.17, 15) is 4.39 Å². The third-order valence-electron chi connectivity index (χ3n) is 1.47. The number of halogens is 1. The summed E-state index contributed by atoms with van der Waals surface area (Å²) in [5.74, 6) is -0.199. The number of aryl methyl sites for hydroxylation is 1. The SMILES string of the molecule is CC.CC.CNc1cc(F)ccc1C. The monoisotopic (exact) mass is 199 g/mol. The summed E-state index contributed by atoms with van der Waals surface area (Å²) in [4.78, 5) is 0. The third-order valence-corrected chi connectivity index (χ3v) is 1.47. The van der Waals surface area contributed by atoms with Crippen molar-refractivity contribution < 1.29 is 4.39 Å². The Morgan fingerprint density at radius 2 is 1.57 bits per heavy atom. The van der Waals surface area contributed by atoms with Crippen LogP contribution in [0.2, 0.25) is 0 Å². The molecule has 0 saturated carbocycles. The molecule has 0 spiro atoms. The van der Waals surface area contributed by atoms with Gasteiger partial charge in [0.1, 0.15) is 5.82 Å². The van der Waals surface area contributed by atoms with E-state index in [0.29, 0.717) is 0 Å². The van der Waals surface area contributed by atoms with E-state index in [1.807, 2.05) is 34.6 Å². The highest BCUT2D eigenvalue weighted by Crippen LogP contribution is 2.14. The molecule has 0 bridgehead atoms. The maximum Gasteiger partial charge on any atom is 0.125 e. The Morgan fingerprint density at radius 3 is 1.93 bits per heavy atom. The quantitative estimate of drug-likeness (QED) is 0.713. The molecule has 0 aliphatic carbocycles. The number of anilines is 1. The van der Waals surface area contributed by atoms with E-state index in [2.05, 4.69) is 5.32 Å². The van der Waals surface area contributed by atoms with Crippen LogP contribution in [0.15, 0.2) is 18.2 Å². The van der Waals surface area contributed by atoms with Crippen LogP contribution in [0.5, 0.6) is 0 Å². The molecule has 0 aromatic heterocycles. The van der Waals surface area contributed by atoms with Gasteiger partial charge >= 0.3 is 0 Å². The van der Waals surface area contributed by atoms with Crippen LogP contribution in [0, 0.1) is 12.7 Å². The topological polar surface area (TPSA) is 12.0 Å². The molecule has 1 rings (SSSR count). The Labute approximate surface area is 87.3 Å². The van der Waals surface area contributed by atoms with Crippen molar-refractivity contribution >= 4 is 5.69 Å². The molecule has 1 aromatic rings. The summed E-state index contributed by atoms with van der Waals surface area (Å²) in [6, 6.07) is 4.69. The highest BCUT2D eigenvalue weighted by atomic mass is 19.1. The molecule has 2 heteroatoms. The second kappa shape index (κ2) is 10.0. The Bertz CT molecular complexity index is 234. The molecule has 0 fully saturated rings. The van der Waals surface area contributed by atoms with Crippen LogP contribution in [-0.2, 0) is 0 Å². The molecule has 1 aromatic carbocycles. The van der Waals surface area contributed by atoms with Crippen LogP contribution >= 0.6 is 0 Å². The minimum absolute atomic E-state index is 0.199. The number of nitrogens with one attached hydrogen (secondary N) is 1. The molecule has 0 aliphatic heterocycles. The fourth-order valence-electron chi connectivity index (χ4n) is 0.864. The molecule has 1 nitrogen and oxygen atoms in total. The molecule has 0 aliphatic rings. The van der Waals surface area contributed by atoms with Crippen LogP contribution in [0.4, 0.5) is 10.1 Å². The maximum atomic E-state index is 12.5. The zero-order chi connectivity index (χ0) is 11.6. The van der Waals surface area contributed by atoms with E-state index in [0.717, 1.165) is 11.3 Å². The van der Waals surface area contributed by atoms with E-state index in [1.165, 1.54) is 12.1 Å². The Hall–Kier alpha value is -1.05. The number of hydrogen-bond acceptors (Lipinski definition) is 1. The lowest BCUT2D eigenvalue weighted by Crippen LogP contribution is -1.91. The van der Waals surface area contributed by atoms with Gasteiger partial charge in [0.15, 0.2) is 0 Å². The van der Waals surface area contributed by atoms with E-state index < -0.39 is 0 Å². The zero-order valence-electron chi connectivity index (χ0n) is 10.1. The molecule has 0 saturated heterocycles. The van der Waals surface area contributed by atoms with Gasteiger partial charge in [-0.15, -0.1) is 0 Å². The fourth-order valence-corrected chi connectivity index (χ4v) is 0.864. The van der Waals surface area contributed by atoms with E-state index >= 15 is 0 Å². The van der Waals surface area contributed by atoms with Crippen LogP contribution in [0.25, 0.3) is 0 Å². The van der Waals surface area contributed by atoms with Gasteiger partial charge in [-0.2, -0.15) is 0 Å². The molecular weight excluding hydrogens is 177 g/mol. The van der Waals surface area contributed by atoms with Crippen LogP contribution in [-0.4, -0.2) is 7.05 Å². The van der Waals surface area contributed by atoms with Crippen molar-refractivity contribution in [3.63, 3.8) is 0 Å². The molecule has 1 N–H and O–H groups in total. The lowest BCUT2D eigenvalue weighted by Gasteiger charge is -2.02. The Balaban J connectivity index is 0. The average Bonchev–Trinajstić information content (AvgIpc) is 2.27. The summed E-state index contributed by atoms with van der Waals surface area (Å²) in [6.45, 7) is 9.94. The van der Waals surface area contributed by atoms with Gasteiger partial charge in [-0.3, -0.25) is 0 Å². The van der Waals surface area contributed by atoms with Gasteiger partial charge in [-0.1, -0.05) is 33.8 Å². The van der Waals surface area contributed by atoms with E-state index in [4.69, 9.17) is 0 Å². The highest BCUT2D eigenvalue weighted by molar-refractivity contribution is 5.49. The Kier molecular flexibility index (Phi) is 11.1. The number of benzene rings is 1. The van der Waals surface area contributed by atoms with Crippen molar-refractivity contribution in [2.24, 2.45) is 0 Å². The smallest absolute Gasteiger partial charge is 0.125 e. The number of hydrogen-bond donors (Lipinski definition) is 1. The first-order valence-corrected chi connectivity index (χ1v) is 5.18. The summed E-state index contributed by atoms with van der Waals surface area (Å²) >= 11 is 0. The van der Waals surface area contributed by atoms with Gasteiger partial charge in [0.05, 0.1) is 0 Å². The van der Waals surface area contributed by atoms with E-state index in [-0.39, 0.29) is 5.82 Å². The van der Waals surface area contributed by atoms with Crippen molar-refractivity contribution in [1.82, 2.24) is 0 Å². The van der Waals surface area contributed by atoms with Crippen molar-refractivity contribution in [3.8, 4) is 0 Å². The van der Waals surface area contributed by atoms with Gasteiger partial charge in [-0.05, 0) is 24.6 Å². The lowest BCUT2D eigenvalue weighted by molar-refractivity contribution is 0.628. The summed E-state index contributed by atoms with van der Waals surface area (Å²) in [5, 5.41) is 2.90. The van der Waals surface area contributed by atoms with Crippen LogP contribution in [0.1, 0.15) is 33.3 Å². The molecule has 82 valence electrons. The predicted molar refractivity (Wildman–Crippen MR) is 63.4 cm³/mol. The van der Waals surface area contributed by atoms with Crippen molar-refractivity contribution in [2.75, 3.05) is 12.4 Å². The molecule has 0 unspecified atom stereocenters. The van der Waals surface area contributed by atoms with Gasteiger partial charge in [0.25, 0.3) is 0 Å². The zero-order valence-corrected chi connectivity index (χ0v) is 10.1. The van der Waals surface area contributed by atoms with Crippen LogP contribution in [0.3, 0.4) is 0 Å². The molecule has 14 heavy (non-hydrogen) atoms. The first-order chi connectivity index (χ1) is 6.74. The normalized spacial score (nSPS) is 7.64. The van der Waals surface area contributed by atoms with Gasteiger partial charge in [0.2, 0.25) is 0 Å². The van der Waals surface area contributed by atoms with Crippen LogP contribution < -0.4 is 5.32 Å². The predicted octanol–water partition coefficient (Wildman–Crippen LogP) is 4.23. The van der Waals surface area contributed by atoms with Gasteiger partial charge in [-0.25, -0.2) is 4.39 Å². The second-order valence-electron chi connectivity index (χ2n) is 2.21. The summed E-state index contributed by atoms with van der Waals surface area (Å²) in [7, 11) is 1.78. The molecule has 0 amide bonds. The highest BCUT2D eigenvalue weighted by Gasteiger charge is 1.95. The third kappa shape index (κ3) is 5.57. The number of rotatable bonds is 1. The van der Waals surface area contributed by atoms with Crippen molar-refractivity contribution in [2.45, 2.75) is 34.6 Å². The van der Waals surface area contributed by atoms with Gasteiger partial charge < -0.3 is 5.32 Å². The Morgan fingerprint density at radius 1 is 1.07 bits per heavy atom. The van der Waals surface area contributed by atoms with Gasteiger partial charge in [0, 0.05) is 12.7 Å². The maximum absolute atomic E-state index is 12.5. The minimum atomic E-state index is -0.199.